The molecule has 0 aromatic rings. The highest BCUT2D eigenvalue weighted by molar-refractivity contribution is 6.35. The summed E-state index contributed by atoms with van der Waals surface area (Å²) < 4.78 is 0. The van der Waals surface area contributed by atoms with Gasteiger partial charge in [0.1, 0.15) is 7.28 Å². The summed E-state index contributed by atoms with van der Waals surface area (Å²) in [6, 6.07) is 0. The van der Waals surface area contributed by atoms with Gasteiger partial charge in [-0.15, -0.1) is 0 Å². The van der Waals surface area contributed by atoms with E-state index >= 15 is 0 Å². The molecule has 0 bridgehead atoms. The molecular formula is C11H21B. The molecule has 0 aromatic carbocycles. The molecule has 1 aliphatic heterocycles. The average Bonchev–Trinajstić information content (AvgIpc) is 2.06. The first kappa shape index (κ1) is 9.89. The van der Waals surface area contributed by atoms with Gasteiger partial charge in [-0.2, -0.15) is 0 Å². The summed E-state index contributed by atoms with van der Waals surface area (Å²) in [7, 11) is 1.44. The monoisotopic (exact) mass is 164 g/mol. The maximum Gasteiger partial charge on any atom is 0.120 e. The van der Waals surface area contributed by atoms with Crippen molar-refractivity contribution >= 4 is 7.28 Å². The second-order valence-corrected chi connectivity index (χ2v) is 4.37. The van der Waals surface area contributed by atoms with Crippen LogP contribution in [0.2, 0.25) is 12.6 Å². The van der Waals surface area contributed by atoms with Crippen LogP contribution in [-0.4, -0.2) is 7.28 Å². The van der Waals surface area contributed by atoms with Crippen molar-refractivity contribution in [3.05, 3.63) is 12.2 Å². The van der Waals surface area contributed by atoms with E-state index in [1.54, 1.807) is 0 Å². The molecule has 0 unspecified atom stereocenters. The topological polar surface area (TPSA) is 0 Å². The van der Waals surface area contributed by atoms with Crippen LogP contribution in [0.25, 0.3) is 0 Å². The first-order valence-corrected chi connectivity index (χ1v) is 5.37. The SMILES string of the molecule is C=C(C)C1(CCC)CCBCC1. The predicted molar refractivity (Wildman–Crippen MR) is 58.2 cm³/mol. The molecule has 0 spiro atoms. The molecule has 1 fully saturated rings. The molecule has 1 aliphatic rings. The summed E-state index contributed by atoms with van der Waals surface area (Å²) in [6.45, 7) is 8.68. The van der Waals surface area contributed by atoms with E-state index in [-0.39, 0.29) is 0 Å². The van der Waals surface area contributed by atoms with Crippen molar-refractivity contribution in [2.45, 2.75) is 52.2 Å². The van der Waals surface area contributed by atoms with Gasteiger partial charge in [0.25, 0.3) is 0 Å². The molecule has 0 N–H and O–H groups in total. The number of hydrogen-bond donors (Lipinski definition) is 0. The molecule has 0 nitrogen and oxygen atoms in total. The van der Waals surface area contributed by atoms with Crippen LogP contribution in [0.4, 0.5) is 0 Å². The van der Waals surface area contributed by atoms with Gasteiger partial charge in [0, 0.05) is 0 Å². The Kier molecular flexibility index (Phi) is 3.43. The molecule has 0 radical (unpaired) electrons. The lowest BCUT2D eigenvalue weighted by atomic mass is 9.53. The molecule has 1 heterocycles. The zero-order valence-corrected chi connectivity index (χ0v) is 8.66. The quantitative estimate of drug-likeness (QED) is 0.442. The third kappa shape index (κ3) is 1.94. The summed E-state index contributed by atoms with van der Waals surface area (Å²) in [6.07, 6.45) is 8.32. The molecule has 0 aliphatic carbocycles. The zero-order valence-electron chi connectivity index (χ0n) is 8.66. The third-order valence-corrected chi connectivity index (χ3v) is 3.44. The number of allylic oxidation sites excluding steroid dienone is 1. The second-order valence-electron chi connectivity index (χ2n) is 4.37. The Labute approximate surface area is 77.7 Å². The summed E-state index contributed by atoms with van der Waals surface area (Å²) in [5, 5.41) is 0. The minimum atomic E-state index is 0.535. The highest BCUT2D eigenvalue weighted by atomic mass is 14.3. The standard InChI is InChI=1S/C11H21B/c1-4-5-11(10(2)3)6-8-12-9-7-11/h12H,2,4-9H2,1,3H3. The van der Waals surface area contributed by atoms with Crippen molar-refractivity contribution in [2.24, 2.45) is 5.41 Å². The summed E-state index contributed by atoms with van der Waals surface area (Å²) in [5.74, 6) is 0. The Morgan fingerprint density at radius 1 is 1.42 bits per heavy atom. The molecule has 0 atom stereocenters. The van der Waals surface area contributed by atoms with Gasteiger partial charge in [0.15, 0.2) is 0 Å². The van der Waals surface area contributed by atoms with Gasteiger partial charge in [-0.1, -0.05) is 51.0 Å². The first-order chi connectivity index (χ1) is 5.71. The van der Waals surface area contributed by atoms with E-state index in [1.165, 1.54) is 51.2 Å². The van der Waals surface area contributed by atoms with E-state index in [1.807, 2.05) is 0 Å². The van der Waals surface area contributed by atoms with Gasteiger partial charge >= 0.3 is 0 Å². The molecule has 68 valence electrons. The van der Waals surface area contributed by atoms with Crippen molar-refractivity contribution in [1.29, 1.82) is 0 Å². The van der Waals surface area contributed by atoms with Gasteiger partial charge in [-0.05, 0) is 18.8 Å². The molecule has 0 amide bonds. The van der Waals surface area contributed by atoms with E-state index in [4.69, 9.17) is 0 Å². The fourth-order valence-corrected chi connectivity index (χ4v) is 2.60. The molecule has 0 aromatic heterocycles. The summed E-state index contributed by atoms with van der Waals surface area (Å²) in [5.41, 5.74) is 1.97. The molecular weight excluding hydrogens is 143 g/mol. The van der Waals surface area contributed by atoms with E-state index in [9.17, 15) is 0 Å². The lowest BCUT2D eigenvalue weighted by Gasteiger charge is -2.37. The zero-order chi connectivity index (χ0) is 9.03. The first-order valence-electron chi connectivity index (χ1n) is 5.37. The predicted octanol–water partition coefficient (Wildman–Crippen LogP) is 3.42. The smallest absolute Gasteiger partial charge is 0.0996 e. The Hall–Kier alpha value is -0.195. The normalized spacial score (nSPS) is 21.5. The number of rotatable bonds is 3. The van der Waals surface area contributed by atoms with Gasteiger partial charge in [-0.25, -0.2) is 0 Å². The lowest BCUT2D eigenvalue weighted by Crippen LogP contribution is -2.26. The fourth-order valence-electron chi connectivity index (χ4n) is 2.60. The van der Waals surface area contributed by atoms with Crippen LogP contribution in [0.15, 0.2) is 12.2 Å². The van der Waals surface area contributed by atoms with Crippen LogP contribution >= 0.6 is 0 Å². The van der Waals surface area contributed by atoms with Crippen molar-refractivity contribution in [3.8, 4) is 0 Å². The van der Waals surface area contributed by atoms with Crippen LogP contribution in [0.5, 0.6) is 0 Å². The van der Waals surface area contributed by atoms with E-state index in [2.05, 4.69) is 20.4 Å². The molecule has 1 rings (SSSR count). The Morgan fingerprint density at radius 2 is 2.00 bits per heavy atom. The van der Waals surface area contributed by atoms with Gasteiger partial charge in [-0.3, -0.25) is 0 Å². The Balaban J connectivity index is 2.63. The van der Waals surface area contributed by atoms with Crippen LogP contribution in [-0.2, 0) is 0 Å². The van der Waals surface area contributed by atoms with E-state index in [0.717, 1.165) is 0 Å². The largest absolute Gasteiger partial charge is 0.120 e. The van der Waals surface area contributed by atoms with Crippen molar-refractivity contribution in [1.82, 2.24) is 0 Å². The van der Waals surface area contributed by atoms with Gasteiger partial charge in [0.05, 0.1) is 0 Å². The third-order valence-electron chi connectivity index (χ3n) is 3.44. The van der Waals surface area contributed by atoms with Crippen molar-refractivity contribution in [3.63, 3.8) is 0 Å². The van der Waals surface area contributed by atoms with Crippen molar-refractivity contribution < 1.29 is 0 Å². The maximum absolute atomic E-state index is 4.17. The maximum atomic E-state index is 4.17. The Bertz CT molecular complexity index is 149. The highest BCUT2D eigenvalue weighted by Crippen LogP contribution is 2.43. The van der Waals surface area contributed by atoms with E-state index < -0.39 is 0 Å². The summed E-state index contributed by atoms with van der Waals surface area (Å²) >= 11 is 0. The molecule has 12 heavy (non-hydrogen) atoms. The van der Waals surface area contributed by atoms with Crippen LogP contribution in [0.3, 0.4) is 0 Å². The fraction of sp³-hybridized carbons (Fsp3) is 0.818. The molecule has 1 heteroatoms. The highest BCUT2D eigenvalue weighted by Gasteiger charge is 2.31. The minimum absolute atomic E-state index is 0.535. The lowest BCUT2D eigenvalue weighted by molar-refractivity contribution is 0.288. The molecule has 0 saturated carbocycles. The van der Waals surface area contributed by atoms with Crippen molar-refractivity contribution in [2.75, 3.05) is 0 Å². The minimum Gasteiger partial charge on any atom is -0.0996 e. The van der Waals surface area contributed by atoms with Crippen LogP contribution in [0.1, 0.15) is 39.5 Å². The second kappa shape index (κ2) is 4.16. The summed E-state index contributed by atoms with van der Waals surface area (Å²) in [4.78, 5) is 0. The number of hydrogen-bond acceptors (Lipinski definition) is 0. The molecule has 1 saturated heterocycles. The van der Waals surface area contributed by atoms with Gasteiger partial charge < -0.3 is 0 Å². The average molecular weight is 164 g/mol. The van der Waals surface area contributed by atoms with Gasteiger partial charge in [0.2, 0.25) is 0 Å². The Morgan fingerprint density at radius 3 is 2.42 bits per heavy atom. The van der Waals surface area contributed by atoms with Crippen LogP contribution < -0.4 is 0 Å². The van der Waals surface area contributed by atoms with Crippen LogP contribution in [0, 0.1) is 5.41 Å². The van der Waals surface area contributed by atoms with E-state index in [0.29, 0.717) is 5.41 Å².